The fraction of sp³-hybridized carbons (Fsp3) is 0.235. The minimum atomic E-state index is -3.31. The number of aryl methyl sites for hydroxylation is 1. The fourth-order valence-corrected chi connectivity index (χ4v) is 3.41. The topological polar surface area (TPSA) is 83.5 Å². The summed E-state index contributed by atoms with van der Waals surface area (Å²) in [6.07, 6.45) is 0. The molecule has 0 bridgehead atoms. The molecule has 0 aliphatic rings. The lowest BCUT2D eigenvalue weighted by atomic mass is 10.1. The Morgan fingerprint density at radius 2 is 1.83 bits per heavy atom. The zero-order valence-electron chi connectivity index (χ0n) is 12.8. The van der Waals surface area contributed by atoms with Gasteiger partial charge in [-0.05, 0) is 24.6 Å². The molecule has 2 aromatic carbocycles. The Balaban J connectivity index is 1.91. The molecule has 0 atom stereocenters. The standard InChI is InChI=1S/C17H19NO4S/c1-13-7-8-16(19)15(11-13)17(20)18-9-10-23(21,22)12-14-5-3-2-4-6-14/h2-8,11,19H,9-10,12H2,1H3,(H,18,20). The van der Waals surface area contributed by atoms with Gasteiger partial charge in [-0.15, -0.1) is 0 Å². The number of carbonyl (C=O) groups is 1. The molecule has 2 N–H and O–H groups in total. The van der Waals surface area contributed by atoms with Crippen LogP contribution in [0.2, 0.25) is 0 Å². The van der Waals surface area contributed by atoms with Crippen LogP contribution in [0.15, 0.2) is 48.5 Å². The first-order valence-corrected chi connectivity index (χ1v) is 9.02. The van der Waals surface area contributed by atoms with E-state index in [1.165, 1.54) is 6.07 Å². The Hall–Kier alpha value is -2.34. The number of hydrogen-bond acceptors (Lipinski definition) is 4. The van der Waals surface area contributed by atoms with Crippen molar-refractivity contribution in [3.8, 4) is 5.75 Å². The molecule has 2 rings (SSSR count). The van der Waals surface area contributed by atoms with Crippen molar-refractivity contribution in [2.45, 2.75) is 12.7 Å². The van der Waals surface area contributed by atoms with E-state index in [0.29, 0.717) is 0 Å². The van der Waals surface area contributed by atoms with Crippen LogP contribution in [0.1, 0.15) is 21.5 Å². The first-order chi connectivity index (χ1) is 10.9. The molecule has 2 aromatic rings. The van der Waals surface area contributed by atoms with Crippen molar-refractivity contribution in [3.63, 3.8) is 0 Å². The third kappa shape index (κ3) is 5.10. The molecule has 0 spiro atoms. The summed E-state index contributed by atoms with van der Waals surface area (Å²) < 4.78 is 24.1. The summed E-state index contributed by atoms with van der Waals surface area (Å²) in [7, 11) is -3.31. The van der Waals surface area contributed by atoms with Crippen LogP contribution in [0.4, 0.5) is 0 Å². The lowest BCUT2D eigenvalue weighted by Gasteiger charge is -2.08. The van der Waals surface area contributed by atoms with E-state index in [1.54, 1.807) is 43.3 Å². The monoisotopic (exact) mass is 333 g/mol. The van der Waals surface area contributed by atoms with Crippen molar-refractivity contribution in [1.29, 1.82) is 0 Å². The number of rotatable bonds is 6. The van der Waals surface area contributed by atoms with Gasteiger partial charge in [0.1, 0.15) is 5.75 Å². The van der Waals surface area contributed by atoms with Gasteiger partial charge in [-0.2, -0.15) is 0 Å². The number of aromatic hydroxyl groups is 1. The second-order valence-corrected chi connectivity index (χ2v) is 7.54. The van der Waals surface area contributed by atoms with Crippen molar-refractivity contribution >= 4 is 15.7 Å². The molecule has 23 heavy (non-hydrogen) atoms. The number of phenols is 1. The maximum absolute atomic E-state index is 12.0. The Labute approximate surface area is 135 Å². The summed E-state index contributed by atoms with van der Waals surface area (Å²) in [6, 6.07) is 13.6. The molecule has 122 valence electrons. The zero-order valence-corrected chi connectivity index (χ0v) is 13.6. The molecule has 0 heterocycles. The van der Waals surface area contributed by atoms with Crippen LogP contribution in [0, 0.1) is 6.92 Å². The third-order valence-electron chi connectivity index (χ3n) is 3.32. The van der Waals surface area contributed by atoms with E-state index in [1.807, 2.05) is 6.07 Å². The van der Waals surface area contributed by atoms with E-state index in [9.17, 15) is 18.3 Å². The fourth-order valence-electron chi connectivity index (χ4n) is 2.15. The lowest BCUT2D eigenvalue weighted by Crippen LogP contribution is -2.29. The summed E-state index contributed by atoms with van der Waals surface area (Å²) in [4.78, 5) is 12.0. The number of amides is 1. The van der Waals surface area contributed by atoms with Crippen molar-refractivity contribution in [1.82, 2.24) is 5.32 Å². The molecule has 0 saturated carbocycles. The summed E-state index contributed by atoms with van der Waals surface area (Å²) in [5.41, 5.74) is 1.70. The highest BCUT2D eigenvalue weighted by Crippen LogP contribution is 2.17. The van der Waals surface area contributed by atoms with Gasteiger partial charge in [0.25, 0.3) is 5.91 Å². The maximum Gasteiger partial charge on any atom is 0.255 e. The van der Waals surface area contributed by atoms with Crippen LogP contribution < -0.4 is 5.32 Å². The first-order valence-electron chi connectivity index (χ1n) is 7.19. The van der Waals surface area contributed by atoms with Crippen LogP contribution in [0.25, 0.3) is 0 Å². The summed E-state index contributed by atoms with van der Waals surface area (Å²) in [6.45, 7) is 1.81. The van der Waals surface area contributed by atoms with Crippen LogP contribution in [0.5, 0.6) is 5.75 Å². The van der Waals surface area contributed by atoms with Gasteiger partial charge in [-0.1, -0.05) is 42.0 Å². The van der Waals surface area contributed by atoms with Crippen molar-refractivity contribution in [2.75, 3.05) is 12.3 Å². The SMILES string of the molecule is Cc1ccc(O)c(C(=O)NCCS(=O)(=O)Cc2ccccc2)c1. The highest BCUT2D eigenvalue weighted by atomic mass is 32.2. The highest BCUT2D eigenvalue weighted by molar-refractivity contribution is 7.90. The highest BCUT2D eigenvalue weighted by Gasteiger charge is 2.15. The molecule has 1 amide bonds. The van der Waals surface area contributed by atoms with Crippen LogP contribution in [-0.2, 0) is 15.6 Å². The van der Waals surface area contributed by atoms with E-state index in [-0.39, 0.29) is 29.4 Å². The quantitative estimate of drug-likeness (QED) is 0.847. The Morgan fingerprint density at radius 3 is 2.52 bits per heavy atom. The van der Waals surface area contributed by atoms with E-state index >= 15 is 0 Å². The molecular formula is C17H19NO4S. The Kier molecular flexibility index (Phi) is 5.39. The molecule has 0 aliphatic carbocycles. The second kappa shape index (κ2) is 7.28. The number of carbonyl (C=O) groups excluding carboxylic acids is 1. The van der Waals surface area contributed by atoms with Gasteiger partial charge < -0.3 is 10.4 Å². The molecule has 0 aromatic heterocycles. The van der Waals surface area contributed by atoms with Gasteiger partial charge in [-0.3, -0.25) is 4.79 Å². The van der Waals surface area contributed by atoms with E-state index in [0.717, 1.165) is 11.1 Å². The molecule has 0 fully saturated rings. The summed E-state index contributed by atoms with van der Waals surface area (Å²) in [5, 5.41) is 12.2. The van der Waals surface area contributed by atoms with Gasteiger partial charge in [-0.25, -0.2) is 8.42 Å². The average molecular weight is 333 g/mol. The first kappa shape index (κ1) is 17.0. The second-order valence-electron chi connectivity index (χ2n) is 5.35. The number of sulfone groups is 1. The van der Waals surface area contributed by atoms with E-state index in [2.05, 4.69) is 5.32 Å². The molecular weight excluding hydrogens is 314 g/mol. The van der Waals surface area contributed by atoms with Crippen LogP contribution in [-0.4, -0.2) is 31.7 Å². The molecule has 0 unspecified atom stereocenters. The predicted octanol–water partition coefficient (Wildman–Crippen LogP) is 2.05. The van der Waals surface area contributed by atoms with Crippen LogP contribution in [0.3, 0.4) is 0 Å². The van der Waals surface area contributed by atoms with E-state index in [4.69, 9.17) is 0 Å². The largest absolute Gasteiger partial charge is 0.507 e. The van der Waals surface area contributed by atoms with E-state index < -0.39 is 15.7 Å². The Morgan fingerprint density at radius 1 is 1.13 bits per heavy atom. The minimum Gasteiger partial charge on any atom is -0.507 e. The van der Waals surface area contributed by atoms with Gasteiger partial charge in [0.15, 0.2) is 9.84 Å². The minimum absolute atomic E-state index is 0.00137. The maximum atomic E-state index is 12.0. The van der Waals surface area contributed by atoms with Gasteiger partial charge in [0.05, 0.1) is 17.1 Å². The molecule has 0 saturated heterocycles. The number of phenolic OH excluding ortho intramolecular Hbond substituents is 1. The average Bonchev–Trinajstić information content (AvgIpc) is 2.50. The summed E-state index contributed by atoms with van der Waals surface area (Å²) >= 11 is 0. The van der Waals surface area contributed by atoms with Crippen molar-refractivity contribution in [3.05, 3.63) is 65.2 Å². The van der Waals surface area contributed by atoms with Gasteiger partial charge >= 0.3 is 0 Å². The zero-order chi connectivity index (χ0) is 16.9. The smallest absolute Gasteiger partial charge is 0.255 e. The normalized spacial score (nSPS) is 11.2. The van der Waals surface area contributed by atoms with Gasteiger partial charge in [0.2, 0.25) is 0 Å². The van der Waals surface area contributed by atoms with Gasteiger partial charge in [0, 0.05) is 6.54 Å². The Bertz CT molecular complexity index is 785. The predicted molar refractivity (Wildman–Crippen MR) is 89.1 cm³/mol. The number of nitrogens with one attached hydrogen (secondary N) is 1. The molecule has 0 aliphatic heterocycles. The third-order valence-corrected chi connectivity index (χ3v) is 4.92. The van der Waals surface area contributed by atoms with Crippen LogP contribution >= 0.6 is 0 Å². The molecule has 0 radical (unpaired) electrons. The van der Waals surface area contributed by atoms with Crippen molar-refractivity contribution < 1.29 is 18.3 Å². The molecule has 6 heteroatoms. The number of hydrogen-bond donors (Lipinski definition) is 2. The lowest BCUT2D eigenvalue weighted by molar-refractivity contribution is 0.0953. The number of benzene rings is 2. The summed E-state index contributed by atoms with van der Waals surface area (Å²) in [5.74, 6) is -0.819. The van der Waals surface area contributed by atoms with Crippen molar-refractivity contribution in [2.24, 2.45) is 0 Å². The molecule has 5 nitrogen and oxygen atoms in total.